The lowest BCUT2D eigenvalue weighted by atomic mass is 10.0. The SMILES string of the molecule is C=CC[C@@H](c1ccc(NCc2ccccc2)cc1)N1CCNCC1. The first-order valence-electron chi connectivity index (χ1n) is 8.80. The largest absolute Gasteiger partial charge is 0.381 e. The summed E-state index contributed by atoms with van der Waals surface area (Å²) >= 11 is 0. The lowest BCUT2D eigenvalue weighted by Crippen LogP contribution is -2.45. The molecular weight excluding hydrogens is 294 g/mol. The van der Waals surface area contributed by atoms with E-state index < -0.39 is 0 Å². The second-order valence-electron chi connectivity index (χ2n) is 6.29. The molecule has 1 heterocycles. The molecule has 3 rings (SSSR count). The van der Waals surface area contributed by atoms with Gasteiger partial charge in [-0.25, -0.2) is 0 Å². The van der Waals surface area contributed by atoms with Gasteiger partial charge in [0.25, 0.3) is 0 Å². The zero-order valence-corrected chi connectivity index (χ0v) is 14.2. The van der Waals surface area contributed by atoms with Crippen LogP contribution < -0.4 is 10.6 Å². The molecule has 0 saturated carbocycles. The summed E-state index contributed by atoms with van der Waals surface area (Å²) in [5.74, 6) is 0. The van der Waals surface area contributed by atoms with Crippen molar-refractivity contribution in [3.05, 3.63) is 78.4 Å². The number of anilines is 1. The lowest BCUT2D eigenvalue weighted by Gasteiger charge is -2.34. The van der Waals surface area contributed by atoms with Crippen molar-refractivity contribution in [2.24, 2.45) is 0 Å². The molecule has 0 bridgehead atoms. The summed E-state index contributed by atoms with van der Waals surface area (Å²) in [4.78, 5) is 2.56. The molecule has 2 aromatic rings. The van der Waals surface area contributed by atoms with Gasteiger partial charge in [-0.2, -0.15) is 0 Å². The Kier molecular flexibility index (Phi) is 6.05. The lowest BCUT2D eigenvalue weighted by molar-refractivity contribution is 0.174. The van der Waals surface area contributed by atoms with Gasteiger partial charge in [0, 0.05) is 44.5 Å². The van der Waals surface area contributed by atoms with Gasteiger partial charge >= 0.3 is 0 Å². The van der Waals surface area contributed by atoms with Crippen molar-refractivity contribution in [3.8, 4) is 0 Å². The van der Waals surface area contributed by atoms with Crippen molar-refractivity contribution in [2.75, 3.05) is 31.5 Å². The highest BCUT2D eigenvalue weighted by atomic mass is 15.2. The number of hydrogen-bond donors (Lipinski definition) is 2. The molecule has 0 spiro atoms. The van der Waals surface area contributed by atoms with Crippen LogP contribution >= 0.6 is 0 Å². The quantitative estimate of drug-likeness (QED) is 0.759. The highest BCUT2D eigenvalue weighted by molar-refractivity contribution is 5.45. The maximum absolute atomic E-state index is 3.95. The minimum atomic E-state index is 0.438. The van der Waals surface area contributed by atoms with Gasteiger partial charge < -0.3 is 10.6 Å². The summed E-state index contributed by atoms with van der Waals surface area (Å²) in [6, 6.07) is 19.8. The molecule has 0 radical (unpaired) electrons. The van der Waals surface area contributed by atoms with Crippen LogP contribution in [0.3, 0.4) is 0 Å². The second kappa shape index (κ2) is 8.67. The Balaban J connectivity index is 1.64. The predicted molar refractivity (Wildman–Crippen MR) is 102 cm³/mol. The zero-order chi connectivity index (χ0) is 16.6. The van der Waals surface area contributed by atoms with Crippen molar-refractivity contribution < 1.29 is 0 Å². The molecule has 1 saturated heterocycles. The third-order valence-corrected chi connectivity index (χ3v) is 4.62. The summed E-state index contributed by atoms with van der Waals surface area (Å²) in [7, 11) is 0. The molecule has 3 heteroatoms. The van der Waals surface area contributed by atoms with E-state index >= 15 is 0 Å². The van der Waals surface area contributed by atoms with Crippen LogP contribution in [0.25, 0.3) is 0 Å². The zero-order valence-electron chi connectivity index (χ0n) is 14.2. The molecule has 2 aromatic carbocycles. The molecule has 0 unspecified atom stereocenters. The number of piperazine rings is 1. The van der Waals surface area contributed by atoms with Crippen LogP contribution in [0, 0.1) is 0 Å². The standard InChI is InChI=1S/C21H27N3/c1-2-6-21(24-15-13-22-14-16-24)19-9-11-20(12-10-19)23-17-18-7-4-3-5-8-18/h2-5,7-12,21-23H,1,6,13-17H2/t21-/m0/s1. The molecule has 1 aliphatic heterocycles. The van der Waals surface area contributed by atoms with Crippen molar-refractivity contribution >= 4 is 5.69 Å². The van der Waals surface area contributed by atoms with Crippen LogP contribution in [0.15, 0.2) is 67.3 Å². The highest BCUT2D eigenvalue weighted by Crippen LogP contribution is 2.26. The fourth-order valence-electron chi connectivity index (χ4n) is 3.27. The van der Waals surface area contributed by atoms with Gasteiger partial charge in [0.15, 0.2) is 0 Å². The first-order chi connectivity index (χ1) is 11.9. The average Bonchev–Trinajstić information content (AvgIpc) is 2.66. The fourth-order valence-corrected chi connectivity index (χ4v) is 3.27. The first kappa shape index (κ1) is 16.7. The van der Waals surface area contributed by atoms with E-state index in [4.69, 9.17) is 0 Å². The van der Waals surface area contributed by atoms with E-state index in [9.17, 15) is 0 Å². The number of benzene rings is 2. The topological polar surface area (TPSA) is 27.3 Å². The third kappa shape index (κ3) is 4.47. The molecule has 1 atom stereocenters. The molecule has 1 aliphatic rings. The van der Waals surface area contributed by atoms with Gasteiger partial charge in [-0.1, -0.05) is 48.5 Å². The van der Waals surface area contributed by atoms with E-state index in [1.54, 1.807) is 0 Å². The summed E-state index contributed by atoms with van der Waals surface area (Å²) in [6.45, 7) is 9.16. The Hall–Kier alpha value is -2.10. The van der Waals surface area contributed by atoms with E-state index in [-0.39, 0.29) is 0 Å². The minimum absolute atomic E-state index is 0.438. The van der Waals surface area contributed by atoms with Crippen molar-refractivity contribution in [1.82, 2.24) is 10.2 Å². The van der Waals surface area contributed by atoms with E-state index in [1.807, 2.05) is 12.1 Å². The summed E-state index contributed by atoms with van der Waals surface area (Å²) in [5.41, 5.74) is 3.84. The molecule has 2 N–H and O–H groups in total. The van der Waals surface area contributed by atoms with Crippen molar-refractivity contribution in [1.29, 1.82) is 0 Å². The second-order valence-corrected chi connectivity index (χ2v) is 6.29. The average molecular weight is 321 g/mol. The first-order valence-corrected chi connectivity index (χ1v) is 8.80. The minimum Gasteiger partial charge on any atom is -0.381 e. The number of rotatable bonds is 7. The monoisotopic (exact) mass is 321 g/mol. The van der Waals surface area contributed by atoms with Crippen molar-refractivity contribution in [2.45, 2.75) is 19.0 Å². The van der Waals surface area contributed by atoms with Gasteiger partial charge in [0.05, 0.1) is 0 Å². The molecule has 24 heavy (non-hydrogen) atoms. The highest BCUT2D eigenvalue weighted by Gasteiger charge is 2.20. The van der Waals surface area contributed by atoms with Crippen LogP contribution in [0.4, 0.5) is 5.69 Å². The Morgan fingerprint density at radius 1 is 1.04 bits per heavy atom. The van der Waals surface area contributed by atoms with Crippen LogP contribution in [-0.4, -0.2) is 31.1 Å². The van der Waals surface area contributed by atoms with Crippen molar-refractivity contribution in [3.63, 3.8) is 0 Å². The fraction of sp³-hybridized carbons (Fsp3) is 0.333. The number of nitrogens with zero attached hydrogens (tertiary/aromatic N) is 1. The normalized spacial score (nSPS) is 16.5. The van der Waals surface area contributed by atoms with E-state index in [2.05, 4.69) is 70.6 Å². The molecule has 3 nitrogen and oxygen atoms in total. The number of hydrogen-bond acceptors (Lipinski definition) is 3. The maximum atomic E-state index is 3.95. The van der Waals surface area contributed by atoms with Crippen LogP contribution in [0.5, 0.6) is 0 Å². The summed E-state index contributed by atoms with van der Waals surface area (Å²) < 4.78 is 0. The van der Waals surface area contributed by atoms with Crippen LogP contribution in [0.1, 0.15) is 23.6 Å². The van der Waals surface area contributed by atoms with Crippen LogP contribution in [-0.2, 0) is 6.54 Å². The van der Waals surface area contributed by atoms with Gasteiger partial charge in [0.2, 0.25) is 0 Å². The van der Waals surface area contributed by atoms with Gasteiger partial charge in [-0.15, -0.1) is 6.58 Å². The molecule has 126 valence electrons. The van der Waals surface area contributed by atoms with E-state index in [0.717, 1.165) is 39.1 Å². The molecule has 1 fully saturated rings. The molecule has 0 aromatic heterocycles. The number of nitrogens with one attached hydrogen (secondary N) is 2. The Morgan fingerprint density at radius 2 is 1.75 bits per heavy atom. The summed E-state index contributed by atoms with van der Waals surface area (Å²) in [5, 5.41) is 6.92. The van der Waals surface area contributed by atoms with Gasteiger partial charge in [-0.05, 0) is 29.7 Å². The third-order valence-electron chi connectivity index (χ3n) is 4.62. The van der Waals surface area contributed by atoms with E-state index in [1.165, 1.54) is 16.8 Å². The smallest absolute Gasteiger partial charge is 0.0400 e. The maximum Gasteiger partial charge on any atom is 0.0400 e. The molecular formula is C21H27N3. The Morgan fingerprint density at radius 3 is 2.42 bits per heavy atom. The predicted octanol–water partition coefficient (Wildman–Crippen LogP) is 3.82. The van der Waals surface area contributed by atoms with Gasteiger partial charge in [-0.3, -0.25) is 4.90 Å². The summed E-state index contributed by atoms with van der Waals surface area (Å²) in [6.07, 6.45) is 3.03. The molecule has 0 amide bonds. The van der Waals surface area contributed by atoms with Crippen LogP contribution in [0.2, 0.25) is 0 Å². The molecule has 0 aliphatic carbocycles. The van der Waals surface area contributed by atoms with E-state index in [0.29, 0.717) is 6.04 Å². The Bertz CT molecular complexity index is 615. The van der Waals surface area contributed by atoms with Gasteiger partial charge in [0.1, 0.15) is 0 Å². The Labute approximate surface area is 145 Å².